The molecule has 0 fully saturated rings. The van der Waals surface area contributed by atoms with Crippen LogP contribution in [-0.2, 0) is 0 Å². The van der Waals surface area contributed by atoms with Crippen molar-refractivity contribution < 1.29 is 4.74 Å². The lowest BCUT2D eigenvalue weighted by molar-refractivity contribution is 0.415. The van der Waals surface area contributed by atoms with Crippen molar-refractivity contribution in [3.8, 4) is 16.9 Å². The van der Waals surface area contributed by atoms with Crippen molar-refractivity contribution in [1.82, 2.24) is 5.32 Å². The molecule has 0 saturated carbocycles. The predicted molar refractivity (Wildman–Crippen MR) is 80.9 cm³/mol. The SMILES string of the molecule is CNC(C)c1ccc(-c2ccc(Cl)c(OC)c2)cc1. The maximum atomic E-state index is 6.04. The molecule has 2 rings (SSSR count). The summed E-state index contributed by atoms with van der Waals surface area (Å²) in [6, 6.07) is 14.7. The lowest BCUT2D eigenvalue weighted by Crippen LogP contribution is -2.11. The van der Waals surface area contributed by atoms with Crippen LogP contribution < -0.4 is 10.1 Å². The standard InChI is InChI=1S/C16H18ClNO/c1-11(18-2)12-4-6-13(7-5-12)14-8-9-15(17)16(10-14)19-3/h4-11,18H,1-3H3. The Kier molecular flexibility index (Phi) is 4.46. The van der Waals surface area contributed by atoms with Gasteiger partial charge in [0.1, 0.15) is 5.75 Å². The van der Waals surface area contributed by atoms with E-state index in [-0.39, 0.29) is 0 Å². The van der Waals surface area contributed by atoms with E-state index in [0.29, 0.717) is 16.8 Å². The van der Waals surface area contributed by atoms with Crippen molar-refractivity contribution >= 4 is 11.6 Å². The van der Waals surface area contributed by atoms with Gasteiger partial charge in [-0.25, -0.2) is 0 Å². The van der Waals surface area contributed by atoms with Crippen LogP contribution in [0, 0.1) is 0 Å². The highest BCUT2D eigenvalue weighted by Crippen LogP contribution is 2.30. The van der Waals surface area contributed by atoms with E-state index in [1.165, 1.54) is 5.56 Å². The molecule has 0 aliphatic heterocycles. The van der Waals surface area contributed by atoms with Gasteiger partial charge in [-0.15, -0.1) is 0 Å². The molecular weight excluding hydrogens is 258 g/mol. The van der Waals surface area contributed by atoms with Gasteiger partial charge >= 0.3 is 0 Å². The Morgan fingerprint density at radius 1 is 1.05 bits per heavy atom. The van der Waals surface area contributed by atoms with Gasteiger partial charge in [0.15, 0.2) is 0 Å². The highest BCUT2D eigenvalue weighted by atomic mass is 35.5. The van der Waals surface area contributed by atoms with Gasteiger partial charge in [0.25, 0.3) is 0 Å². The third kappa shape index (κ3) is 3.09. The molecule has 0 spiro atoms. The van der Waals surface area contributed by atoms with Gasteiger partial charge in [-0.05, 0) is 42.8 Å². The summed E-state index contributed by atoms with van der Waals surface area (Å²) in [4.78, 5) is 0. The molecular formula is C16H18ClNO. The van der Waals surface area contributed by atoms with Crippen LogP contribution in [0.3, 0.4) is 0 Å². The Morgan fingerprint density at radius 2 is 1.68 bits per heavy atom. The fourth-order valence-corrected chi connectivity index (χ4v) is 2.16. The zero-order valence-electron chi connectivity index (χ0n) is 11.4. The van der Waals surface area contributed by atoms with Crippen LogP contribution in [0.5, 0.6) is 5.75 Å². The monoisotopic (exact) mass is 275 g/mol. The first-order valence-corrected chi connectivity index (χ1v) is 6.64. The summed E-state index contributed by atoms with van der Waals surface area (Å²) in [5.41, 5.74) is 3.53. The summed E-state index contributed by atoms with van der Waals surface area (Å²) in [5.74, 6) is 0.701. The van der Waals surface area contributed by atoms with Crippen molar-refractivity contribution in [3.63, 3.8) is 0 Å². The third-order valence-corrected chi connectivity index (χ3v) is 3.64. The summed E-state index contributed by atoms with van der Waals surface area (Å²) in [5, 5.41) is 3.86. The molecule has 1 N–H and O–H groups in total. The topological polar surface area (TPSA) is 21.3 Å². The van der Waals surface area contributed by atoms with E-state index in [0.717, 1.165) is 11.1 Å². The molecule has 19 heavy (non-hydrogen) atoms. The average Bonchev–Trinajstić information content (AvgIpc) is 2.47. The number of ether oxygens (including phenoxy) is 1. The van der Waals surface area contributed by atoms with Crippen molar-refractivity contribution in [3.05, 3.63) is 53.1 Å². The maximum Gasteiger partial charge on any atom is 0.138 e. The number of rotatable bonds is 4. The molecule has 0 aliphatic carbocycles. The number of hydrogen-bond acceptors (Lipinski definition) is 2. The number of nitrogens with one attached hydrogen (secondary N) is 1. The van der Waals surface area contributed by atoms with Gasteiger partial charge in [-0.2, -0.15) is 0 Å². The zero-order chi connectivity index (χ0) is 13.8. The van der Waals surface area contributed by atoms with E-state index in [1.807, 2.05) is 25.2 Å². The minimum absolute atomic E-state index is 0.355. The van der Waals surface area contributed by atoms with Crippen molar-refractivity contribution in [2.24, 2.45) is 0 Å². The first-order chi connectivity index (χ1) is 9.15. The van der Waals surface area contributed by atoms with Gasteiger partial charge in [0.2, 0.25) is 0 Å². The molecule has 2 aromatic rings. The lowest BCUT2D eigenvalue weighted by Gasteiger charge is -2.12. The van der Waals surface area contributed by atoms with Gasteiger partial charge in [0, 0.05) is 6.04 Å². The fourth-order valence-electron chi connectivity index (χ4n) is 1.97. The van der Waals surface area contributed by atoms with Crippen LogP contribution in [0.2, 0.25) is 5.02 Å². The van der Waals surface area contributed by atoms with Crippen LogP contribution >= 0.6 is 11.6 Å². The molecule has 0 heterocycles. The Labute approximate surface area is 119 Å². The van der Waals surface area contributed by atoms with Crippen molar-refractivity contribution in [2.75, 3.05) is 14.2 Å². The zero-order valence-corrected chi connectivity index (χ0v) is 12.2. The maximum absolute atomic E-state index is 6.04. The average molecular weight is 276 g/mol. The van der Waals surface area contributed by atoms with E-state index in [2.05, 4.69) is 36.5 Å². The van der Waals surface area contributed by atoms with Crippen LogP contribution in [0.1, 0.15) is 18.5 Å². The van der Waals surface area contributed by atoms with Crippen LogP contribution in [0.25, 0.3) is 11.1 Å². The Hall–Kier alpha value is -1.51. The minimum atomic E-state index is 0.355. The number of hydrogen-bond donors (Lipinski definition) is 1. The summed E-state index contributed by atoms with van der Waals surface area (Å²) in [6.45, 7) is 2.14. The summed E-state index contributed by atoms with van der Waals surface area (Å²) in [6.07, 6.45) is 0. The molecule has 2 aromatic carbocycles. The highest BCUT2D eigenvalue weighted by molar-refractivity contribution is 6.32. The van der Waals surface area contributed by atoms with Gasteiger partial charge in [-0.1, -0.05) is 41.9 Å². The quantitative estimate of drug-likeness (QED) is 0.898. The van der Waals surface area contributed by atoms with E-state index in [1.54, 1.807) is 7.11 Å². The molecule has 1 unspecified atom stereocenters. The number of benzene rings is 2. The summed E-state index contributed by atoms with van der Waals surface area (Å²) in [7, 11) is 3.59. The molecule has 0 aromatic heterocycles. The lowest BCUT2D eigenvalue weighted by atomic mass is 10.0. The van der Waals surface area contributed by atoms with E-state index >= 15 is 0 Å². The highest BCUT2D eigenvalue weighted by Gasteiger charge is 2.06. The molecule has 0 bridgehead atoms. The Morgan fingerprint density at radius 3 is 2.26 bits per heavy atom. The van der Waals surface area contributed by atoms with Gasteiger partial charge in [-0.3, -0.25) is 0 Å². The summed E-state index contributed by atoms with van der Waals surface area (Å²) >= 11 is 6.04. The molecule has 0 radical (unpaired) electrons. The normalized spacial score (nSPS) is 12.2. The second-order valence-corrected chi connectivity index (χ2v) is 4.89. The second-order valence-electron chi connectivity index (χ2n) is 4.48. The second kappa shape index (κ2) is 6.09. The number of halogens is 1. The van der Waals surface area contributed by atoms with Crippen molar-refractivity contribution in [2.45, 2.75) is 13.0 Å². The minimum Gasteiger partial charge on any atom is -0.495 e. The largest absolute Gasteiger partial charge is 0.495 e. The summed E-state index contributed by atoms with van der Waals surface area (Å²) < 4.78 is 5.24. The van der Waals surface area contributed by atoms with E-state index in [4.69, 9.17) is 16.3 Å². The first-order valence-electron chi connectivity index (χ1n) is 6.27. The molecule has 1 atom stereocenters. The smallest absolute Gasteiger partial charge is 0.138 e. The molecule has 0 aliphatic rings. The van der Waals surface area contributed by atoms with E-state index in [9.17, 15) is 0 Å². The number of methoxy groups -OCH3 is 1. The fraction of sp³-hybridized carbons (Fsp3) is 0.250. The molecule has 3 heteroatoms. The Bertz CT molecular complexity index is 551. The van der Waals surface area contributed by atoms with Crippen LogP contribution in [-0.4, -0.2) is 14.2 Å². The predicted octanol–water partition coefficient (Wildman–Crippen LogP) is 4.30. The van der Waals surface area contributed by atoms with Crippen LogP contribution in [0.4, 0.5) is 0 Å². The Balaban J connectivity index is 2.32. The van der Waals surface area contributed by atoms with Crippen molar-refractivity contribution in [1.29, 1.82) is 0 Å². The first kappa shape index (κ1) is 13.9. The van der Waals surface area contributed by atoms with E-state index < -0.39 is 0 Å². The van der Waals surface area contributed by atoms with Crippen LogP contribution in [0.15, 0.2) is 42.5 Å². The molecule has 0 saturated heterocycles. The third-order valence-electron chi connectivity index (χ3n) is 3.33. The molecule has 100 valence electrons. The van der Waals surface area contributed by atoms with Gasteiger partial charge in [0.05, 0.1) is 12.1 Å². The molecule has 0 amide bonds. The van der Waals surface area contributed by atoms with Gasteiger partial charge < -0.3 is 10.1 Å². The molecule has 2 nitrogen and oxygen atoms in total.